The summed E-state index contributed by atoms with van der Waals surface area (Å²) in [6.07, 6.45) is 1.05. The Labute approximate surface area is 166 Å². The number of thioether (sulfide) groups is 1. The quantitative estimate of drug-likeness (QED) is 0.298. The monoisotopic (exact) mass is 403 g/mol. The number of carbonyl (C=O) groups excluding carboxylic acids is 1. The highest BCUT2D eigenvalue weighted by molar-refractivity contribution is 8.01. The zero-order valence-corrected chi connectivity index (χ0v) is 17.5. The summed E-state index contributed by atoms with van der Waals surface area (Å²) < 4.78 is 5.47. The van der Waals surface area contributed by atoms with Gasteiger partial charge in [-0.3, -0.25) is 4.79 Å². The highest BCUT2D eigenvalue weighted by Crippen LogP contribution is 2.26. The molecule has 3 aromatic rings. The minimum atomic E-state index is 0.137. The van der Waals surface area contributed by atoms with Crippen LogP contribution in [0.5, 0.6) is 0 Å². The highest BCUT2D eigenvalue weighted by atomic mass is 32.2. The van der Waals surface area contributed by atoms with E-state index in [1.807, 2.05) is 43.3 Å². The molecule has 0 atom stereocenters. The lowest BCUT2D eigenvalue weighted by molar-refractivity contribution is 0.102. The normalized spacial score (nSPS) is 11.0. The Kier molecular flexibility index (Phi) is 6.11. The zero-order chi connectivity index (χ0) is 18.7. The summed E-state index contributed by atoms with van der Waals surface area (Å²) in [6.45, 7) is 7.17. The van der Waals surface area contributed by atoms with Crippen LogP contribution in [-0.4, -0.2) is 25.9 Å². The minimum Gasteiger partial charge on any atom is -0.348 e. The van der Waals surface area contributed by atoms with Crippen molar-refractivity contribution < 1.29 is 4.79 Å². The molecule has 0 bridgehead atoms. The molecule has 0 amide bonds. The predicted molar refractivity (Wildman–Crippen MR) is 112 cm³/mol. The second-order valence-corrected chi connectivity index (χ2v) is 8.87. The first-order valence-electron chi connectivity index (χ1n) is 8.49. The van der Waals surface area contributed by atoms with Crippen LogP contribution in [0.1, 0.15) is 35.1 Å². The van der Waals surface area contributed by atoms with Crippen LogP contribution in [-0.2, 0) is 6.54 Å². The molecule has 0 aliphatic carbocycles. The summed E-state index contributed by atoms with van der Waals surface area (Å²) in [4.78, 5) is 12.7. The molecule has 0 saturated carbocycles. The Bertz CT molecular complexity index is 970. The van der Waals surface area contributed by atoms with Gasteiger partial charge in [-0.15, -0.1) is 5.10 Å². The van der Waals surface area contributed by atoms with Crippen LogP contribution in [0.4, 0.5) is 0 Å². The topological polar surface area (TPSA) is 39.8 Å². The fraction of sp³-hybridized carbons (Fsp3) is 0.316. The van der Waals surface area contributed by atoms with Crippen molar-refractivity contribution in [3.63, 3.8) is 0 Å². The molecule has 0 radical (unpaired) electrons. The molecule has 0 aliphatic heterocycles. The maximum Gasteiger partial charge on any atom is 0.184 e. The van der Waals surface area contributed by atoms with Gasteiger partial charge in [0.2, 0.25) is 0 Å². The van der Waals surface area contributed by atoms with Gasteiger partial charge in [-0.25, -0.2) is 4.68 Å². The Balaban J connectivity index is 1.73. The van der Waals surface area contributed by atoms with E-state index in [1.54, 1.807) is 4.68 Å². The van der Waals surface area contributed by atoms with Crippen LogP contribution >= 0.6 is 35.3 Å². The molecule has 7 heteroatoms. The van der Waals surface area contributed by atoms with Gasteiger partial charge in [-0.1, -0.05) is 48.2 Å². The molecule has 2 heterocycles. The maximum absolute atomic E-state index is 12.7. The summed E-state index contributed by atoms with van der Waals surface area (Å²) in [6, 6.07) is 11.8. The number of Topliss-reactive ketones (excluding diaryl/α,β-unsaturated/α-hetero) is 1. The molecule has 4 nitrogen and oxygen atoms in total. The molecule has 0 aliphatic rings. The van der Waals surface area contributed by atoms with Gasteiger partial charge < -0.3 is 4.57 Å². The van der Waals surface area contributed by atoms with Crippen molar-refractivity contribution in [1.29, 1.82) is 0 Å². The second kappa shape index (κ2) is 8.33. The average molecular weight is 404 g/mol. The number of rotatable bonds is 7. The first-order chi connectivity index (χ1) is 12.5. The first kappa shape index (κ1) is 19.1. The Morgan fingerprint density at radius 2 is 2.00 bits per heavy atom. The molecule has 0 saturated heterocycles. The molecule has 0 N–H and O–H groups in total. The lowest BCUT2D eigenvalue weighted by atomic mass is 10.2. The van der Waals surface area contributed by atoms with Crippen molar-refractivity contribution in [3.05, 3.63) is 57.3 Å². The van der Waals surface area contributed by atoms with Gasteiger partial charge in [0.15, 0.2) is 14.1 Å². The summed E-state index contributed by atoms with van der Waals surface area (Å²) in [5.41, 5.74) is 3.95. The maximum atomic E-state index is 12.7. The number of ketones is 1. The molecule has 0 spiro atoms. The third kappa shape index (κ3) is 4.00. The number of nitrogens with zero attached hydrogens (tertiary/aromatic N) is 3. The molecule has 1 aromatic carbocycles. The van der Waals surface area contributed by atoms with E-state index in [2.05, 4.69) is 23.5 Å². The summed E-state index contributed by atoms with van der Waals surface area (Å²) >= 11 is 8.31. The Morgan fingerprint density at radius 1 is 1.27 bits per heavy atom. The van der Waals surface area contributed by atoms with E-state index in [-0.39, 0.29) is 5.78 Å². The van der Waals surface area contributed by atoms with Crippen molar-refractivity contribution in [1.82, 2.24) is 14.3 Å². The number of hydrogen-bond acceptors (Lipinski definition) is 5. The van der Waals surface area contributed by atoms with Crippen LogP contribution in [0.3, 0.4) is 0 Å². The number of aryl methyl sites for hydroxylation is 1. The van der Waals surface area contributed by atoms with Gasteiger partial charge in [0.25, 0.3) is 0 Å². The van der Waals surface area contributed by atoms with Crippen molar-refractivity contribution in [2.45, 2.75) is 38.1 Å². The molecule has 0 unspecified atom stereocenters. The number of aromatic nitrogens is 3. The summed E-state index contributed by atoms with van der Waals surface area (Å²) in [5.74, 6) is 0.505. The molecule has 2 aromatic heterocycles. The molecular weight excluding hydrogens is 382 g/mol. The fourth-order valence-electron chi connectivity index (χ4n) is 2.91. The molecule has 26 heavy (non-hydrogen) atoms. The van der Waals surface area contributed by atoms with Gasteiger partial charge in [-0.05, 0) is 50.7 Å². The van der Waals surface area contributed by atoms with E-state index in [0.717, 1.165) is 39.9 Å². The van der Waals surface area contributed by atoms with Crippen LogP contribution in [0.2, 0.25) is 0 Å². The van der Waals surface area contributed by atoms with Gasteiger partial charge in [0, 0.05) is 23.5 Å². The van der Waals surface area contributed by atoms with Crippen molar-refractivity contribution in [3.8, 4) is 5.69 Å². The van der Waals surface area contributed by atoms with Crippen molar-refractivity contribution in [2.24, 2.45) is 0 Å². The average Bonchev–Trinajstić information content (AvgIpc) is 3.15. The zero-order valence-electron chi connectivity index (χ0n) is 15.1. The SMILES string of the molecule is CCCn1c(C)cc(C(=O)CSc2nn(-c3ccccc3)c(=S)s2)c1C. The van der Waals surface area contributed by atoms with E-state index >= 15 is 0 Å². The molecule has 136 valence electrons. The largest absolute Gasteiger partial charge is 0.348 e. The molecule has 0 fully saturated rings. The number of carbonyl (C=O) groups is 1. The van der Waals surface area contributed by atoms with E-state index < -0.39 is 0 Å². The van der Waals surface area contributed by atoms with E-state index in [0.29, 0.717) is 9.71 Å². The number of hydrogen-bond donors (Lipinski definition) is 0. The molecular formula is C19H21N3OS3. The third-order valence-electron chi connectivity index (χ3n) is 4.18. The lowest BCUT2D eigenvalue weighted by Crippen LogP contribution is -2.06. The summed E-state index contributed by atoms with van der Waals surface area (Å²) in [5, 5.41) is 4.56. The molecule has 3 rings (SSSR count). The van der Waals surface area contributed by atoms with Crippen LogP contribution in [0.15, 0.2) is 40.7 Å². The summed E-state index contributed by atoms with van der Waals surface area (Å²) in [7, 11) is 0. The second-order valence-electron chi connectivity index (χ2n) is 6.03. The number of para-hydroxylation sites is 1. The Hall–Kier alpha value is -1.70. The first-order valence-corrected chi connectivity index (χ1v) is 10.7. The minimum absolute atomic E-state index is 0.137. The van der Waals surface area contributed by atoms with Gasteiger partial charge >= 0.3 is 0 Å². The van der Waals surface area contributed by atoms with E-state index in [1.165, 1.54) is 23.1 Å². The van der Waals surface area contributed by atoms with E-state index in [4.69, 9.17) is 12.2 Å². The van der Waals surface area contributed by atoms with Crippen molar-refractivity contribution in [2.75, 3.05) is 5.75 Å². The van der Waals surface area contributed by atoms with E-state index in [9.17, 15) is 4.79 Å². The van der Waals surface area contributed by atoms with Gasteiger partial charge in [-0.2, -0.15) is 0 Å². The van der Waals surface area contributed by atoms with Crippen LogP contribution in [0, 0.1) is 17.8 Å². The van der Waals surface area contributed by atoms with Gasteiger partial charge in [0.1, 0.15) is 0 Å². The smallest absolute Gasteiger partial charge is 0.184 e. The van der Waals surface area contributed by atoms with Crippen LogP contribution < -0.4 is 0 Å². The third-order valence-corrected chi connectivity index (χ3v) is 6.54. The van der Waals surface area contributed by atoms with Crippen molar-refractivity contribution >= 4 is 41.1 Å². The highest BCUT2D eigenvalue weighted by Gasteiger charge is 2.16. The van der Waals surface area contributed by atoms with Gasteiger partial charge in [0.05, 0.1) is 11.4 Å². The standard InChI is InChI=1S/C19H21N3OS3/c1-4-10-21-13(2)11-16(14(21)3)17(23)12-25-18-20-22(19(24)26-18)15-8-6-5-7-9-15/h5-9,11H,4,10,12H2,1-3H3. The predicted octanol–water partition coefficient (Wildman–Crippen LogP) is 5.47. The lowest BCUT2D eigenvalue weighted by Gasteiger charge is -2.07. The fourth-order valence-corrected chi connectivity index (χ4v) is 5.15. The number of benzene rings is 1. The Morgan fingerprint density at radius 3 is 2.69 bits per heavy atom. The van der Waals surface area contributed by atoms with Crippen LogP contribution in [0.25, 0.3) is 5.69 Å².